The first-order valence-corrected chi connectivity index (χ1v) is 9.04. The summed E-state index contributed by atoms with van der Waals surface area (Å²) in [5, 5.41) is 2.89. The van der Waals surface area contributed by atoms with Gasteiger partial charge >= 0.3 is 6.03 Å². The zero-order valence-corrected chi connectivity index (χ0v) is 14.9. The van der Waals surface area contributed by atoms with Crippen molar-refractivity contribution >= 4 is 40.2 Å². The maximum atomic E-state index is 14.1. The van der Waals surface area contributed by atoms with Crippen LogP contribution in [0.5, 0.6) is 0 Å². The highest BCUT2D eigenvalue weighted by Crippen LogP contribution is 2.36. The van der Waals surface area contributed by atoms with E-state index in [0.717, 1.165) is 23.9 Å². The molecule has 5 rings (SSSR count). The highest BCUT2D eigenvalue weighted by molar-refractivity contribution is 6.30. The lowest BCUT2D eigenvalue weighted by atomic mass is 10.0. The number of nitrogens with zero attached hydrogens (tertiary/aromatic N) is 3. The maximum absolute atomic E-state index is 14.1. The van der Waals surface area contributed by atoms with E-state index in [2.05, 4.69) is 20.3 Å². The Labute approximate surface area is 159 Å². The average molecular weight is 384 g/mol. The second-order valence-electron chi connectivity index (χ2n) is 6.73. The van der Waals surface area contributed by atoms with Crippen LogP contribution in [0.4, 0.5) is 14.9 Å². The second kappa shape index (κ2) is 6.06. The Morgan fingerprint density at radius 1 is 1.22 bits per heavy atom. The molecule has 3 aromatic rings. The Morgan fingerprint density at radius 3 is 2.85 bits per heavy atom. The molecule has 2 fully saturated rings. The van der Waals surface area contributed by atoms with Crippen molar-refractivity contribution in [3.05, 3.63) is 59.1 Å². The summed E-state index contributed by atoms with van der Waals surface area (Å²) in [6.45, 7) is 0. The summed E-state index contributed by atoms with van der Waals surface area (Å²) < 4.78 is 14.1. The normalized spacial score (nSPS) is 21.3. The van der Waals surface area contributed by atoms with E-state index in [1.807, 2.05) is 18.2 Å². The van der Waals surface area contributed by atoms with Crippen molar-refractivity contribution in [1.82, 2.24) is 15.3 Å². The highest BCUT2D eigenvalue weighted by atomic mass is 35.5. The van der Waals surface area contributed by atoms with Gasteiger partial charge in [0.15, 0.2) is 0 Å². The van der Waals surface area contributed by atoms with Gasteiger partial charge in [0.25, 0.3) is 0 Å². The van der Waals surface area contributed by atoms with Crippen molar-refractivity contribution in [1.29, 1.82) is 0 Å². The summed E-state index contributed by atoms with van der Waals surface area (Å²) in [4.78, 5) is 26.3. The minimum Gasteiger partial charge on any atom is -0.345 e. The van der Waals surface area contributed by atoms with Crippen molar-refractivity contribution in [3.8, 4) is 0 Å². The monoisotopic (exact) mass is 383 g/mol. The van der Waals surface area contributed by atoms with Gasteiger partial charge in [-0.05, 0) is 48.7 Å². The minimum absolute atomic E-state index is 0.0428. The number of halogens is 2. The van der Waals surface area contributed by atoms with Crippen LogP contribution in [0.25, 0.3) is 11.0 Å². The van der Waals surface area contributed by atoms with Crippen molar-refractivity contribution < 1.29 is 9.18 Å². The Hall–Kier alpha value is -2.93. The lowest BCUT2D eigenvalue weighted by Gasteiger charge is -2.23. The van der Waals surface area contributed by atoms with E-state index < -0.39 is 11.9 Å². The number of rotatable bonds is 3. The summed E-state index contributed by atoms with van der Waals surface area (Å²) >= 11 is 5.84. The summed E-state index contributed by atoms with van der Waals surface area (Å²) in [5.74, 6) is 0.00772. The van der Waals surface area contributed by atoms with Gasteiger partial charge in [-0.2, -0.15) is 0 Å². The molecule has 2 amide bonds. The topological polar surface area (TPSA) is 73.4 Å². The first-order chi connectivity index (χ1) is 13.1. The molecule has 136 valence electrons. The van der Waals surface area contributed by atoms with Crippen LogP contribution in [0.2, 0.25) is 5.02 Å². The number of anilines is 1. The number of hydrogen-bond acceptors (Lipinski definition) is 3. The molecule has 1 aromatic heterocycles. The number of benzene rings is 2. The predicted octanol–water partition coefficient (Wildman–Crippen LogP) is 4.19. The summed E-state index contributed by atoms with van der Waals surface area (Å²) in [7, 11) is 0. The van der Waals surface area contributed by atoms with Crippen LogP contribution in [0.3, 0.4) is 0 Å². The molecule has 0 radical (unpaired) electrons. The maximum Gasteiger partial charge on any atom is 0.328 e. The van der Waals surface area contributed by atoms with Crippen LogP contribution in [0.15, 0.2) is 47.7 Å². The van der Waals surface area contributed by atoms with Gasteiger partial charge in [-0.25, -0.2) is 14.2 Å². The van der Waals surface area contributed by atoms with Gasteiger partial charge in [-0.1, -0.05) is 17.7 Å². The molecule has 27 heavy (non-hydrogen) atoms. The lowest BCUT2D eigenvalue weighted by molar-refractivity contribution is 0.252. The SMILES string of the molecule is O=C1NC(=NC2CC2)C(c2ccc(Cl)c(F)c2)N1c1ccc2[nH]cnc2c1. The molecule has 1 saturated heterocycles. The van der Waals surface area contributed by atoms with E-state index in [9.17, 15) is 9.18 Å². The molecule has 1 unspecified atom stereocenters. The molecule has 1 aliphatic heterocycles. The molecule has 2 N–H and O–H groups in total. The molecule has 1 aliphatic carbocycles. The lowest BCUT2D eigenvalue weighted by Crippen LogP contribution is -2.29. The number of aromatic amines is 1. The molecule has 0 bridgehead atoms. The standard InChI is InChI=1S/C19H15ClFN5O/c20-13-5-1-10(7-14(13)21)17-18(24-11-2-3-11)25-19(27)26(17)12-4-6-15-16(8-12)23-9-22-15/h1,4-9,11,17H,2-3H2,(H,22,23)(H,24,25,27). The van der Waals surface area contributed by atoms with Gasteiger partial charge in [-0.15, -0.1) is 0 Å². The number of aromatic nitrogens is 2. The second-order valence-corrected chi connectivity index (χ2v) is 7.13. The zero-order valence-electron chi connectivity index (χ0n) is 14.1. The smallest absolute Gasteiger partial charge is 0.328 e. The largest absolute Gasteiger partial charge is 0.345 e. The predicted molar refractivity (Wildman–Crippen MR) is 102 cm³/mol. The molecule has 1 saturated carbocycles. The van der Waals surface area contributed by atoms with Gasteiger partial charge < -0.3 is 4.98 Å². The highest BCUT2D eigenvalue weighted by Gasteiger charge is 2.40. The number of carbonyl (C=O) groups is 1. The Bertz CT molecular complexity index is 1090. The fraction of sp³-hybridized carbons (Fsp3) is 0.211. The molecule has 2 aliphatic rings. The first-order valence-electron chi connectivity index (χ1n) is 8.66. The van der Waals surface area contributed by atoms with E-state index in [0.29, 0.717) is 17.1 Å². The van der Waals surface area contributed by atoms with Crippen LogP contribution in [-0.4, -0.2) is 27.9 Å². The van der Waals surface area contributed by atoms with Gasteiger partial charge in [-0.3, -0.25) is 15.2 Å². The number of hydrogen-bond donors (Lipinski definition) is 2. The van der Waals surface area contributed by atoms with Gasteiger partial charge in [0.05, 0.1) is 28.4 Å². The number of fused-ring (bicyclic) bond motifs is 1. The van der Waals surface area contributed by atoms with Gasteiger partial charge in [0.1, 0.15) is 17.7 Å². The van der Waals surface area contributed by atoms with Crippen molar-refractivity contribution in [3.63, 3.8) is 0 Å². The van der Waals surface area contributed by atoms with E-state index in [1.54, 1.807) is 17.3 Å². The van der Waals surface area contributed by atoms with Crippen molar-refractivity contribution in [2.75, 3.05) is 4.90 Å². The molecule has 2 aromatic carbocycles. The van der Waals surface area contributed by atoms with Crippen molar-refractivity contribution in [2.24, 2.45) is 4.99 Å². The number of urea groups is 1. The number of nitrogens with one attached hydrogen (secondary N) is 2. The number of H-pyrrole nitrogens is 1. The molecule has 1 atom stereocenters. The fourth-order valence-corrected chi connectivity index (χ4v) is 3.42. The minimum atomic E-state index is -0.541. The molecular weight excluding hydrogens is 369 g/mol. The van der Waals surface area contributed by atoms with Crippen molar-refractivity contribution in [2.45, 2.75) is 24.9 Å². The zero-order chi connectivity index (χ0) is 18.5. The van der Waals surface area contributed by atoms with Crippen LogP contribution in [0, 0.1) is 5.82 Å². The van der Waals surface area contributed by atoms with Crippen LogP contribution in [-0.2, 0) is 0 Å². The molecule has 2 heterocycles. The van der Waals surface area contributed by atoms with Gasteiger partial charge in [0.2, 0.25) is 0 Å². The Balaban J connectivity index is 1.64. The number of amides is 2. The third-order valence-electron chi connectivity index (χ3n) is 4.78. The fourth-order valence-electron chi connectivity index (χ4n) is 3.31. The summed E-state index contributed by atoms with van der Waals surface area (Å²) in [6.07, 6.45) is 3.60. The summed E-state index contributed by atoms with van der Waals surface area (Å²) in [6, 6.07) is 9.47. The molecular formula is C19H15ClFN5O. The number of imidazole rings is 1. The third kappa shape index (κ3) is 2.84. The first kappa shape index (κ1) is 16.3. The van der Waals surface area contributed by atoms with Gasteiger partial charge in [0, 0.05) is 5.69 Å². The number of carbonyl (C=O) groups excluding carboxylic acids is 1. The van der Waals surface area contributed by atoms with E-state index in [4.69, 9.17) is 11.6 Å². The Kier molecular flexibility index (Phi) is 3.65. The molecule has 6 nitrogen and oxygen atoms in total. The average Bonchev–Trinajstić information content (AvgIpc) is 3.23. The third-order valence-corrected chi connectivity index (χ3v) is 5.09. The van der Waals surface area contributed by atoms with E-state index in [1.165, 1.54) is 12.1 Å². The quantitative estimate of drug-likeness (QED) is 0.711. The number of amidine groups is 1. The van der Waals surface area contributed by atoms with Crippen LogP contribution < -0.4 is 10.2 Å². The van der Waals surface area contributed by atoms with E-state index in [-0.39, 0.29) is 17.1 Å². The van der Waals surface area contributed by atoms with Crippen LogP contribution in [0.1, 0.15) is 24.4 Å². The molecule has 8 heteroatoms. The Morgan fingerprint density at radius 2 is 2.07 bits per heavy atom. The number of aliphatic imine (C=N–C) groups is 1. The van der Waals surface area contributed by atoms with E-state index >= 15 is 0 Å². The summed E-state index contributed by atoms with van der Waals surface area (Å²) in [5.41, 5.74) is 2.89. The molecule has 0 spiro atoms. The van der Waals surface area contributed by atoms with Crippen LogP contribution >= 0.6 is 11.6 Å².